The summed E-state index contributed by atoms with van der Waals surface area (Å²) < 4.78 is 41.7. The number of benzene rings is 1. The molecule has 0 aliphatic rings. The maximum absolute atomic E-state index is 12.5. The maximum Gasteiger partial charge on any atom is 0.471 e. The van der Waals surface area contributed by atoms with Crippen molar-refractivity contribution >= 4 is 11.9 Å². The number of aliphatic carboxylic acids is 1. The van der Waals surface area contributed by atoms with Crippen molar-refractivity contribution in [3.63, 3.8) is 0 Å². The van der Waals surface area contributed by atoms with E-state index in [1.54, 1.807) is 19.0 Å². The molecule has 1 heterocycles. The van der Waals surface area contributed by atoms with E-state index in [4.69, 9.17) is 5.11 Å². The molecule has 0 saturated heterocycles. The Labute approximate surface area is 152 Å². The van der Waals surface area contributed by atoms with Gasteiger partial charge in [-0.2, -0.15) is 18.2 Å². The molecule has 0 bridgehead atoms. The van der Waals surface area contributed by atoms with Gasteiger partial charge in [-0.05, 0) is 26.2 Å². The summed E-state index contributed by atoms with van der Waals surface area (Å²) in [5.74, 6) is -3.38. The number of nitrogens with zero attached hydrogens (tertiary/aromatic N) is 4. The van der Waals surface area contributed by atoms with E-state index in [-0.39, 0.29) is 23.5 Å². The van der Waals surface area contributed by atoms with Crippen molar-refractivity contribution in [3.8, 4) is 11.4 Å². The van der Waals surface area contributed by atoms with Crippen LogP contribution in [0.25, 0.3) is 11.4 Å². The van der Waals surface area contributed by atoms with Crippen molar-refractivity contribution in [2.24, 2.45) is 0 Å². The van der Waals surface area contributed by atoms with Gasteiger partial charge in [-0.3, -0.25) is 9.59 Å². The highest BCUT2D eigenvalue weighted by atomic mass is 19.4. The van der Waals surface area contributed by atoms with Crippen LogP contribution in [0.5, 0.6) is 0 Å². The first-order valence-corrected chi connectivity index (χ1v) is 7.75. The maximum atomic E-state index is 12.5. The van der Waals surface area contributed by atoms with Crippen molar-refractivity contribution in [2.75, 3.05) is 33.7 Å². The lowest BCUT2D eigenvalue weighted by molar-refractivity contribution is -0.159. The second-order valence-corrected chi connectivity index (χ2v) is 5.92. The summed E-state index contributed by atoms with van der Waals surface area (Å²) in [6, 6.07) is 5.46. The number of amides is 1. The average Bonchev–Trinajstić information content (AvgIpc) is 3.08. The van der Waals surface area contributed by atoms with Gasteiger partial charge in [0.1, 0.15) is 6.54 Å². The highest BCUT2D eigenvalue weighted by Crippen LogP contribution is 2.29. The van der Waals surface area contributed by atoms with Crippen molar-refractivity contribution < 1.29 is 32.4 Å². The van der Waals surface area contributed by atoms with Gasteiger partial charge in [-0.1, -0.05) is 17.3 Å². The van der Waals surface area contributed by atoms with E-state index in [0.717, 1.165) is 0 Å². The Kier molecular flexibility index (Phi) is 6.16. The molecule has 0 aliphatic carbocycles. The van der Waals surface area contributed by atoms with Crippen LogP contribution in [0.4, 0.5) is 13.2 Å². The SMILES string of the molecule is CN(C)CCN(CC(=O)O)C(=O)c1ccc(-c2noc(C(F)(F)F)n2)cc1. The molecule has 1 N–H and O–H groups in total. The van der Waals surface area contributed by atoms with Gasteiger partial charge in [0.05, 0.1) is 0 Å². The topological polar surface area (TPSA) is 99.8 Å². The quantitative estimate of drug-likeness (QED) is 0.775. The van der Waals surface area contributed by atoms with Crippen LogP contribution in [0.2, 0.25) is 0 Å². The summed E-state index contributed by atoms with van der Waals surface area (Å²) in [5, 5.41) is 12.2. The number of carboxylic acids is 1. The number of carbonyl (C=O) groups excluding carboxylic acids is 1. The molecule has 0 saturated carbocycles. The molecule has 0 atom stereocenters. The normalized spacial score (nSPS) is 11.6. The first-order valence-electron chi connectivity index (χ1n) is 7.75. The van der Waals surface area contributed by atoms with Gasteiger partial charge >= 0.3 is 18.0 Å². The molecule has 1 aromatic carbocycles. The van der Waals surface area contributed by atoms with Gasteiger partial charge in [0.15, 0.2) is 0 Å². The van der Waals surface area contributed by atoms with Crippen LogP contribution in [0, 0.1) is 0 Å². The molecule has 0 spiro atoms. The van der Waals surface area contributed by atoms with Crippen molar-refractivity contribution in [1.82, 2.24) is 19.9 Å². The van der Waals surface area contributed by atoms with Crippen LogP contribution < -0.4 is 0 Å². The lowest BCUT2D eigenvalue weighted by Crippen LogP contribution is -2.40. The van der Waals surface area contributed by atoms with E-state index >= 15 is 0 Å². The minimum atomic E-state index is -4.75. The molecule has 1 aromatic heterocycles. The Morgan fingerprint density at radius 3 is 2.26 bits per heavy atom. The number of likely N-dealkylation sites (N-methyl/N-ethyl adjacent to an activating group) is 1. The largest absolute Gasteiger partial charge is 0.480 e. The number of halogens is 3. The monoisotopic (exact) mass is 386 g/mol. The van der Waals surface area contributed by atoms with E-state index in [0.29, 0.717) is 6.54 Å². The smallest absolute Gasteiger partial charge is 0.471 e. The highest BCUT2D eigenvalue weighted by molar-refractivity contribution is 5.96. The van der Waals surface area contributed by atoms with Gasteiger partial charge < -0.3 is 19.4 Å². The molecule has 2 aromatic rings. The molecular weight excluding hydrogens is 369 g/mol. The number of carboxylic acid groups (broad SMARTS) is 1. The lowest BCUT2D eigenvalue weighted by Gasteiger charge is -2.22. The molecule has 1 amide bonds. The zero-order valence-corrected chi connectivity index (χ0v) is 14.5. The number of hydrogen-bond donors (Lipinski definition) is 1. The van der Waals surface area contributed by atoms with E-state index in [1.807, 2.05) is 0 Å². The van der Waals surface area contributed by atoms with Crippen LogP contribution in [0.3, 0.4) is 0 Å². The molecular formula is C16H17F3N4O4. The standard InChI is InChI=1S/C16H17F3N4O4/c1-22(2)7-8-23(9-12(24)25)14(26)11-5-3-10(4-6-11)13-20-15(27-21-13)16(17,18)19/h3-6H,7-9H2,1-2H3,(H,24,25). The van der Waals surface area contributed by atoms with Gasteiger partial charge in [0.2, 0.25) is 5.82 Å². The zero-order chi connectivity index (χ0) is 20.2. The Balaban J connectivity index is 2.17. The zero-order valence-electron chi connectivity index (χ0n) is 14.5. The van der Waals surface area contributed by atoms with Crippen LogP contribution in [0.1, 0.15) is 16.2 Å². The Bertz CT molecular complexity index is 803. The molecule has 0 fully saturated rings. The van der Waals surface area contributed by atoms with Crippen LogP contribution >= 0.6 is 0 Å². The molecule has 0 aliphatic heterocycles. The Hall–Kier alpha value is -2.95. The minimum Gasteiger partial charge on any atom is -0.480 e. The Morgan fingerprint density at radius 1 is 1.15 bits per heavy atom. The fraction of sp³-hybridized carbons (Fsp3) is 0.375. The van der Waals surface area contributed by atoms with E-state index < -0.39 is 30.5 Å². The number of alkyl halides is 3. The summed E-state index contributed by atoms with van der Waals surface area (Å²) in [6.45, 7) is 0.216. The Morgan fingerprint density at radius 2 is 1.78 bits per heavy atom. The summed E-state index contributed by atoms with van der Waals surface area (Å²) in [4.78, 5) is 29.8. The summed E-state index contributed by atoms with van der Waals surface area (Å²) in [6.07, 6.45) is -4.75. The fourth-order valence-electron chi connectivity index (χ4n) is 2.14. The summed E-state index contributed by atoms with van der Waals surface area (Å²) in [7, 11) is 3.58. The molecule has 27 heavy (non-hydrogen) atoms. The third-order valence-corrected chi connectivity index (χ3v) is 3.49. The summed E-state index contributed by atoms with van der Waals surface area (Å²) in [5.41, 5.74) is 0.419. The molecule has 0 radical (unpaired) electrons. The van der Waals surface area contributed by atoms with Crippen molar-refractivity contribution in [3.05, 3.63) is 35.7 Å². The molecule has 11 heteroatoms. The number of hydrogen-bond acceptors (Lipinski definition) is 6. The highest BCUT2D eigenvalue weighted by Gasteiger charge is 2.38. The second kappa shape index (κ2) is 8.16. The predicted octanol–water partition coefficient (Wildman–Crippen LogP) is 1.84. The van der Waals surface area contributed by atoms with Gasteiger partial charge in [-0.15, -0.1) is 0 Å². The predicted molar refractivity (Wildman–Crippen MR) is 86.8 cm³/mol. The second-order valence-electron chi connectivity index (χ2n) is 5.92. The van der Waals surface area contributed by atoms with Crippen LogP contribution in [-0.4, -0.2) is 70.7 Å². The van der Waals surface area contributed by atoms with Crippen molar-refractivity contribution in [2.45, 2.75) is 6.18 Å². The average molecular weight is 386 g/mol. The minimum absolute atomic E-state index is 0.193. The van der Waals surface area contributed by atoms with Crippen LogP contribution in [0.15, 0.2) is 28.8 Å². The fourth-order valence-corrected chi connectivity index (χ4v) is 2.14. The van der Waals surface area contributed by atoms with Crippen LogP contribution in [-0.2, 0) is 11.0 Å². The van der Waals surface area contributed by atoms with Gasteiger partial charge in [0, 0.05) is 24.2 Å². The molecule has 146 valence electrons. The van der Waals surface area contributed by atoms with Crippen molar-refractivity contribution in [1.29, 1.82) is 0 Å². The van der Waals surface area contributed by atoms with Gasteiger partial charge in [0.25, 0.3) is 5.91 Å². The molecule has 2 rings (SSSR count). The third-order valence-electron chi connectivity index (χ3n) is 3.49. The summed E-state index contributed by atoms with van der Waals surface area (Å²) >= 11 is 0. The number of rotatable bonds is 7. The lowest BCUT2D eigenvalue weighted by atomic mass is 10.1. The number of aromatic nitrogens is 2. The first-order chi connectivity index (χ1) is 12.6. The molecule has 0 unspecified atom stereocenters. The van der Waals surface area contributed by atoms with Gasteiger partial charge in [-0.25, -0.2) is 0 Å². The van der Waals surface area contributed by atoms with E-state index in [2.05, 4.69) is 14.7 Å². The number of carbonyl (C=O) groups is 2. The molecule has 8 nitrogen and oxygen atoms in total. The first kappa shape index (κ1) is 20.4. The van der Waals surface area contributed by atoms with E-state index in [1.165, 1.54) is 29.2 Å². The van der Waals surface area contributed by atoms with E-state index in [9.17, 15) is 22.8 Å². The third kappa shape index (κ3) is 5.51.